The Bertz CT molecular complexity index is 617. The summed E-state index contributed by atoms with van der Waals surface area (Å²) in [4.78, 5) is 0. The number of rotatable bonds is 5. The first-order valence-electron chi connectivity index (χ1n) is 6.28. The van der Waals surface area contributed by atoms with Crippen LogP contribution in [-0.2, 0) is 13.5 Å². The number of hydrogen-bond donors (Lipinski definition) is 3. The average Bonchev–Trinajstić information content (AvgIpc) is 2.67. The van der Waals surface area contributed by atoms with Crippen molar-refractivity contribution in [2.75, 3.05) is 6.61 Å². The lowest BCUT2D eigenvalue weighted by Gasteiger charge is -2.08. The molecule has 6 heteroatoms. The molecular formula is C14H18N4O2. The van der Waals surface area contributed by atoms with Gasteiger partial charge in [0.25, 0.3) is 0 Å². The number of aryl methyl sites for hydroxylation is 2. The summed E-state index contributed by atoms with van der Waals surface area (Å²) in [5.74, 6) is 1.02. The SMILES string of the molecule is Cc1nn(C)c(Oc2ccc(CCO)cc2)c1C(=N)N. The van der Waals surface area contributed by atoms with E-state index in [2.05, 4.69) is 5.10 Å². The zero-order valence-electron chi connectivity index (χ0n) is 11.6. The Balaban J connectivity index is 2.28. The van der Waals surface area contributed by atoms with Crippen molar-refractivity contribution >= 4 is 5.84 Å². The maximum absolute atomic E-state index is 8.88. The molecule has 1 heterocycles. The number of benzene rings is 1. The van der Waals surface area contributed by atoms with Crippen molar-refractivity contribution in [3.05, 3.63) is 41.1 Å². The molecule has 0 aliphatic rings. The van der Waals surface area contributed by atoms with Gasteiger partial charge in [0.15, 0.2) is 0 Å². The second kappa shape index (κ2) is 5.75. The quantitative estimate of drug-likeness (QED) is 0.566. The van der Waals surface area contributed by atoms with Gasteiger partial charge in [-0.1, -0.05) is 12.1 Å². The summed E-state index contributed by atoms with van der Waals surface area (Å²) in [6.45, 7) is 1.91. The molecule has 2 rings (SSSR count). The van der Waals surface area contributed by atoms with Crippen LogP contribution in [0.25, 0.3) is 0 Å². The normalized spacial score (nSPS) is 10.6. The number of aromatic nitrogens is 2. The summed E-state index contributed by atoms with van der Waals surface area (Å²) in [6, 6.07) is 7.42. The molecule has 2 aromatic rings. The van der Waals surface area contributed by atoms with Gasteiger partial charge in [0.2, 0.25) is 5.88 Å². The lowest BCUT2D eigenvalue weighted by Crippen LogP contribution is -2.13. The third kappa shape index (κ3) is 2.80. The van der Waals surface area contributed by atoms with Crippen molar-refractivity contribution in [1.82, 2.24) is 9.78 Å². The van der Waals surface area contributed by atoms with Crippen molar-refractivity contribution < 1.29 is 9.84 Å². The Hall–Kier alpha value is -2.34. The molecule has 0 radical (unpaired) electrons. The average molecular weight is 274 g/mol. The zero-order chi connectivity index (χ0) is 14.7. The molecule has 106 valence electrons. The summed E-state index contributed by atoms with van der Waals surface area (Å²) in [5, 5.41) is 20.7. The van der Waals surface area contributed by atoms with Crippen LogP contribution in [0, 0.1) is 12.3 Å². The third-order valence-electron chi connectivity index (χ3n) is 2.98. The Morgan fingerprint density at radius 1 is 1.40 bits per heavy atom. The monoisotopic (exact) mass is 274 g/mol. The number of nitrogens with two attached hydrogens (primary N) is 1. The fraction of sp³-hybridized carbons (Fsp3) is 0.286. The lowest BCUT2D eigenvalue weighted by atomic mass is 10.1. The molecule has 0 aliphatic heterocycles. The van der Waals surface area contributed by atoms with E-state index in [1.54, 1.807) is 18.7 Å². The highest BCUT2D eigenvalue weighted by atomic mass is 16.5. The summed E-state index contributed by atoms with van der Waals surface area (Å²) >= 11 is 0. The summed E-state index contributed by atoms with van der Waals surface area (Å²) in [5.41, 5.74) is 7.77. The minimum Gasteiger partial charge on any atom is -0.439 e. The fourth-order valence-corrected chi connectivity index (χ4v) is 2.03. The smallest absolute Gasteiger partial charge is 0.228 e. The molecule has 20 heavy (non-hydrogen) atoms. The molecule has 0 saturated heterocycles. The number of aliphatic hydroxyl groups excluding tert-OH is 1. The standard InChI is InChI=1S/C14H18N4O2/c1-9-12(13(15)16)14(18(2)17-9)20-11-5-3-10(4-6-11)7-8-19/h3-6,19H,7-8H2,1-2H3,(H3,15,16). The van der Waals surface area contributed by atoms with Crippen LogP contribution in [0.4, 0.5) is 0 Å². The molecule has 0 fully saturated rings. The number of nitrogen functional groups attached to an aromatic ring is 1. The van der Waals surface area contributed by atoms with Crippen LogP contribution in [0.5, 0.6) is 11.6 Å². The van der Waals surface area contributed by atoms with E-state index in [-0.39, 0.29) is 12.4 Å². The Morgan fingerprint density at radius 2 is 2.05 bits per heavy atom. The minimum absolute atomic E-state index is 0.0671. The molecule has 1 aromatic carbocycles. The highest BCUT2D eigenvalue weighted by Gasteiger charge is 2.17. The van der Waals surface area contributed by atoms with Crippen LogP contribution >= 0.6 is 0 Å². The minimum atomic E-state index is -0.0671. The molecule has 0 amide bonds. The molecular weight excluding hydrogens is 256 g/mol. The van der Waals surface area contributed by atoms with Gasteiger partial charge in [0.1, 0.15) is 17.1 Å². The van der Waals surface area contributed by atoms with Gasteiger partial charge in [0, 0.05) is 13.7 Å². The van der Waals surface area contributed by atoms with Crippen molar-refractivity contribution in [1.29, 1.82) is 5.41 Å². The second-order valence-corrected chi connectivity index (χ2v) is 4.52. The predicted molar refractivity (Wildman–Crippen MR) is 76.3 cm³/mol. The van der Waals surface area contributed by atoms with E-state index in [1.165, 1.54) is 0 Å². The Kier molecular flexibility index (Phi) is 4.05. The van der Waals surface area contributed by atoms with Gasteiger partial charge in [-0.25, -0.2) is 4.68 Å². The van der Waals surface area contributed by atoms with Gasteiger partial charge < -0.3 is 15.6 Å². The first-order chi connectivity index (χ1) is 9.52. The van der Waals surface area contributed by atoms with Gasteiger partial charge in [-0.3, -0.25) is 5.41 Å². The van der Waals surface area contributed by atoms with Crippen LogP contribution in [0.3, 0.4) is 0 Å². The Labute approximate surface area is 117 Å². The predicted octanol–water partition coefficient (Wildman–Crippen LogP) is 1.34. The number of aliphatic hydroxyl groups is 1. The van der Waals surface area contributed by atoms with Crippen LogP contribution in [0.15, 0.2) is 24.3 Å². The van der Waals surface area contributed by atoms with E-state index < -0.39 is 0 Å². The molecule has 1 aromatic heterocycles. The summed E-state index contributed by atoms with van der Waals surface area (Å²) in [7, 11) is 1.74. The van der Waals surface area contributed by atoms with E-state index in [0.29, 0.717) is 29.3 Å². The zero-order valence-corrected chi connectivity index (χ0v) is 11.6. The molecule has 0 unspecified atom stereocenters. The molecule has 4 N–H and O–H groups in total. The van der Waals surface area contributed by atoms with Crippen LogP contribution < -0.4 is 10.5 Å². The molecule has 0 saturated carbocycles. The van der Waals surface area contributed by atoms with Gasteiger partial charge in [0.05, 0.1) is 5.69 Å². The van der Waals surface area contributed by atoms with Crippen LogP contribution in [0.1, 0.15) is 16.8 Å². The highest BCUT2D eigenvalue weighted by Crippen LogP contribution is 2.27. The van der Waals surface area contributed by atoms with Crippen molar-refractivity contribution in [3.8, 4) is 11.6 Å². The summed E-state index contributed by atoms with van der Waals surface area (Å²) in [6.07, 6.45) is 0.615. The van der Waals surface area contributed by atoms with Gasteiger partial charge in [-0.15, -0.1) is 0 Å². The van der Waals surface area contributed by atoms with E-state index in [9.17, 15) is 0 Å². The Morgan fingerprint density at radius 3 is 2.60 bits per heavy atom. The number of ether oxygens (including phenoxy) is 1. The topological polar surface area (TPSA) is 97.1 Å². The molecule has 0 spiro atoms. The van der Waals surface area contributed by atoms with Crippen molar-refractivity contribution in [3.63, 3.8) is 0 Å². The van der Waals surface area contributed by atoms with Gasteiger partial charge >= 0.3 is 0 Å². The van der Waals surface area contributed by atoms with Crippen molar-refractivity contribution in [2.24, 2.45) is 12.8 Å². The van der Waals surface area contributed by atoms with Crippen molar-refractivity contribution in [2.45, 2.75) is 13.3 Å². The fourth-order valence-electron chi connectivity index (χ4n) is 2.03. The molecule has 6 nitrogen and oxygen atoms in total. The van der Waals surface area contributed by atoms with Crippen LogP contribution in [-0.4, -0.2) is 27.3 Å². The summed E-state index contributed by atoms with van der Waals surface area (Å²) < 4.78 is 7.34. The molecule has 0 atom stereocenters. The number of nitrogens with zero attached hydrogens (tertiary/aromatic N) is 2. The number of hydrogen-bond acceptors (Lipinski definition) is 4. The maximum atomic E-state index is 8.88. The highest BCUT2D eigenvalue weighted by molar-refractivity contribution is 5.98. The second-order valence-electron chi connectivity index (χ2n) is 4.52. The van der Waals surface area contributed by atoms with E-state index in [4.69, 9.17) is 21.0 Å². The van der Waals surface area contributed by atoms with E-state index in [1.807, 2.05) is 24.3 Å². The van der Waals surface area contributed by atoms with E-state index >= 15 is 0 Å². The van der Waals surface area contributed by atoms with E-state index in [0.717, 1.165) is 5.56 Å². The maximum Gasteiger partial charge on any atom is 0.228 e. The lowest BCUT2D eigenvalue weighted by molar-refractivity contribution is 0.299. The molecule has 0 bridgehead atoms. The number of amidine groups is 1. The molecule has 0 aliphatic carbocycles. The van der Waals surface area contributed by atoms with Crippen LogP contribution in [0.2, 0.25) is 0 Å². The van der Waals surface area contributed by atoms with Gasteiger partial charge in [-0.2, -0.15) is 5.10 Å². The third-order valence-corrected chi connectivity index (χ3v) is 2.98. The first-order valence-corrected chi connectivity index (χ1v) is 6.28. The first kappa shape index (κ1) is 14.1. The largest absolute Gasteiger partial charge is 0.439 e. The van der Waals surface area contributed by atoms with Gasteiger partial charge in [-0.05, 0) is 31.0 Å². The number of nitrogens with one attached hydrogen (secondary N) is 1.